The van der Waals surface area contributed by atoms with Gasteiger partial charge in [0.05, 0.1) is 27.9 Å². The fourth-order valence-corrected chi connectivity index (χ4v) is 2.01. The van der Waals surface area contributed by atoms with Gasteiger partial charge in [-0.3, -0.25) is 4.98 Å². The van der Waals surface area contributed by atoms with Crippen molar-refractivity contribution >= 4 is 21.8 Å². The van der Waals surface area contributed by atoms with Gasteiger partial charge in [0.25, 0.3) is 0 Å². The van der Waals surface area contributed by atoms with Crippen LogP contribution < -0.4 is 4.74 Å². The minimum atomic E-state index is -2.43. The number of benzene rings is 1. The van der Waals surface area contributed by atoms with Gasteiger partial charge in [0, 0.05) is 23.0 Å². The maximum atomic E-state index is 7.11. The number of aryl methyl sites for hydroxylation is 1. The average molecular weight is 215 g/mol. The first-order valence-electron chi connectivity index (χ1n) is 6.50. The summed E-state index contributed by atoms with van der Waals surface area (Å²) in [6.07, 6.45) is 1.76. The molecule has 3 heteroatoms. The molecule has 0 aliphatic carbocycles. The van der Waals surface area contributed by atoms with E-state index in [2.05, 4.69) is 9.97 Å². The fraction of sp³-hybridized carbons (Fsp3) is 0.154. The van der Waals surface area contributed by atoms with Crippen LogP contribution in [0.15, 0.2) is 30.5 Å². The molecule has 0 atom stereocenters. The topological polar surface area (TPSA) is 37.9 Å². The molecule has 0 saturated heterocycles. The lowest BCUT2D eigenvalue weighted by Gasteiger charge is -1.98. The Morgan fingerprint density at radius 3 is 3.12 bits per heavy atom. The first-order valence-corrected chi connectivity index (χ1v) is 5.00. The molecule has 1 aromatic carbocycles. The third-order valence-electron chi connectivity index (χ3n) is 2.80. The summed E-state index contributed by atoms with van der Waals surface area (Å²) in [4.78, 5) is 7.48. The zero-order valence-electron chi connectivity index (χ0n) is 11.7. The van der Waals surface area contributed by atoms with Gasteiger partial charge in [-0.25, -0.2) is 0 Å². The van der Waals surface area contributed by atoms with E-state index in [0.29, 0.717) is 5.75 Å². The number of H-pyrrole nitrogens is 1. The first-order chi connectivity index (χ1) is 8.94. The van der Waals surface area contributed by atoms with Gasteiger partial charge in [0.2, 0.25) is 0 Å². The molecule has 0 saturated carbocycles. The highest BCUT2D eigenvalue weighted by Crippen LogP contribution is 2.28. The summed E-state index contributed by atoms with van der Waals surface area (Å²) in [6.45, 7) is 1.93. The summed E-state index contributed by atoms with van der Waals surface area (Å²) in [6, 6.07) is 7.15. The van der Waals surface area contributed by atoms with E-state index in [9.17, 15) is 0 Å². The van der Waals surface area contributed by atoms with Gasteiger partial charge in [-0.2, -0.15) is 0 Å². The molecule has 0 bridgehead atoms. The molecule has 2 aromatic heterocycles. The summed E-state index contributed by atoms with van der Waals surface area (Å²) in [7, 11) is -2.43. The second kappa shape index (κ2) is 3.23. The molecule has 0 radical (unpaired) electrons. The number of nitrogens with zero attached hydrogens (tertiary/aromatic N) is 1. The van der Waals surface area contributed by atoms with Crippen molar-refractivity contribution in [1.82, 2.24) is 9.97 Å². The lowest BCUT2D eigenvalue weighted by atomic mass is 10.1. The number of hydrogen-bond donors (Lipinski definition) is 1. The number of fused-ring (bicyclic) bond motifs is 3. The van der Waals surface area contributed by atoms with Crippen molar-refractivity contribution in [2.75, 3.05) is 7.04 Å². The van der Waals surface area contributed by atoms with Crippen molar-refractivity contribution in [1.29, 1.82) is 0 Å². The summed E-state index contributed by atoms with van der Waals surface area (Å²) in [5.74, 6) is 0.324. The van der Waals surface area contributed by atoms with Crippen molar-refractivity contribution in [3.63, 3.8) is 0 Å². The zero-order valence-corrected chi connectivity index (χ0v) is 8.74. The van der Waals surface area contributed by atoms with Crippen LogP contribution in [0.3, 0.4) is 0 Å². The van der Waals surface area contributed by atoms with Crippen LogP contribution in [0, 0.1) is 6.92 Å². The van der Waals surface area contributed by atoms with Crippen molar-refractivity contribution in [2.24, 2.45) is 0 Å². The van der Waals surface area contributed by atoms with Crippen LogP contribution >= 0.6 is 0 Å². The van der Waals surface area contributed by atoms with Gasteiger partial charge in [-0.15, -0.1) is 0 Å². The van der Waals surface area contributed by atoms with Gasteiger partial charge < -0.3 is 9.72 Å². The number of ether oxygens (including phenoxy) is 1. The SMILES string of the molecule is [2H]C([2H])([2H])Oc1ccc2c(c1)[nH]c1c(C)nccc12. The smallest absolute Gasteiger partial charge is 0.120 e. The van der Waals surface area contributed by atoms with Crippen LogP contribution in [0.25, 0.3) is 21.8 Å². The Morgan fingerprint density at radius 1 is 1.31 bits per heavy atom. The third kappa shape index (κ3) is 1.18. The Hall–Kier alpha value is -2.03. The van der Waals surface area contributed by atoms with Crippen LogP contribution in [0.5, 0.6) is 5.75 Å². The van der Waals surface area contributed by atoms with Crippen LogP contribution in [0.2, 0.25) is 0 Å². The van der Waals surface area contributed by atoms with Crippen molar-refractivity contribution < 1.29 is 8.85 Å². The van der Waals surface area contributed by atoms with Crippen molar-refractivity contribution in [3.05, 3.63) is 36.2 Å². The highest BCUT2D eigenvalue weighted by Gasteiger charge is 2.06. The summed E-state index contributed by atoms with van der Waals surface area (Å²) in [5, 5.41) is 2.10. The predicted octanol–water partition coefficient (Wildman–Crippen LogP) is 3.03. The minimum Gasteiger partial charge on any atom is -0.497 e. The van der Waals surface area contributed by atoms with E-state index in [-0.39, 0.29) is 0 Å². The van der Waals surface area contributed by atoms with E-state index in [4.69, 9.17) is 8.85 Å². The van der Waals surface area contributed by atoms with Gasteiger partial charge >= 0.3 is 0 Å². The normalized spacial score (nSPS) is 14.7. The van der Waals surface area contributed by atoms with Crippen LogP contribution in [-0.2, 0) is 0 Å². The van der Waals surface area contributed by atoms with Gasteiger partial charge in [-0.05, 0) is 25.1 Å². The predicted molar refractivity (Wildman–Crippen MR) is 64.9 cm³/mol. The van der Waals surface area contributed by atoms with Crippen molar-refractivity contribution in [2.45, 2.75) is 6.92 Å². The fourth-order valence-electron chi connectivity index (χ4n) is 2.01. The Bertz CT molecular complexity index is 761. The molecule has 0 aliphatic rings. The Kier molecular flexibility index (Phi) is 1.32. The highest BCUT2D eigenvalue weighted by molar-refractivity contribution is 6.08. The van der Waals surface area contributed by atoms with Gasteiger partial charge in [0.15, 0.2) is 0 Å². The maximum Gasteiger partial charge on any atom is 0.120 e. The summed E-state index contributed by atoms with van der Waals surface area (Å²) in [5.41, 5.74) is 2.71. The molecule has 1 N–H and O–H groups in total. The zero-order chi connectivity index (χ0) is 13.6. The molecule has 3 rings (SSSR count). The molecule has 2 heterocycles. The van der Waals surface area contributed by atoms with Crippen LogP contribution in [0.1, 0.15) is 9.81 Å². The van der Waals surface area contributed by atoms with Crippen LogP contribution in [-0.4, -0.2) is 17.0 Å². The number of nitrogens with one attached hydrogen (secondary N) is 1. The highest BCUT2D eigenvalue weighted by atomic mass is 16.5. The Labute approximate surface area is 97.3 Å². The Morgan fingerprint density at radius 2 is 2.25 bits per heavy atom. The standard InChI is InChI=1S/C13H12N2O/c1-8-13-11(5-6-14-8)10-4-3-9(16-2)7-12(10)15-13/h3-7,15H,1-2H3/i2D3. The quantitative estimate of drug-likeness (QED) is 0.677. The Balaban J connectivity index is 2.19. The third-order valence-corrected chi connectivity index (χ3v) is 2.80. The number of methoxy groups -OCH3 is 1. The molecule has 0 amide bonds. The summed E-state index contributed by atoms with van der Waals surface area (Å²) >= 11 is 0. The molecule has 0 aliphatic heterocycles. The average Bonchev–Trinajstić information content (AvgIpc) is 2.66. The monoisotopic (exact) mass is 215 g/mol. The number of hydrogen-bond acceptors (Lipinski definition) is 2. The molecule has 16 heavy (non-hydrogen) atoms. The van der Waals surface area contributed by atoms with Crippen molar-refractivity contribution in [3.8, 4) is 5.75 Å². The second-order valence-electron chi connectivity index (χ2n) is 3.75. The number of pyridine rings is 1. The van der Waals surface area contributed by atoms with E-state index in [1.165, 1.54) is 0 Å². The molecule has 0 unspecified atom stereocenters. The van der Waals surface area contributed by atoms with E-state index >= 15 is 0 Å². The van der Waals surface area contributed by atoms with Crippen LogP contribution in [0.4, 0.5) is 0 Å². The first kappa shape index (κ1) is 6.53. The molecular formula is C13H12N2O. The molecule has 0 fully saturated rings. The number of rotatable bonds is 1. The van der Waals surface area contributed by atoms with E-state index < -0.39 is 7.04 Å². The molecule has 3 aromatic rings. The van der Waals surface area contributed by atoms with E-state index in [1.807, 2.05) is 19.1 Å². The van der Waals surface area contributed by atoms with Gasteiger partial charge in [0.1, 0.15) is 5.75 Å². The van der Waals surface area contributed by atoms with E-state index in [0.717, 1.165) is 27.5 Å². The largest absolute Gasteiger partial charge is 0.497 e. The minimum absolute atomic E-state index is 0.324. The molecule has 3 nitrogen and oxygen atoms in total. The summed E-state index contributed by atoms with van der Waals surface area (Å²) < 4.78 is 26.2. The molecule has 80 valence electrons. The van der Waals surface area contributed by atoms with Gasteiger partial charge in [-0.1, -0.05) is 0 Å². The van der Waals surface area contributed by atoms with E-state index in [1.54, 1.807) is 18.3 Å². The number of aromatic amines is 1. The lowest BCUT2D eigenvalue weighted by Crippen LogP contribution is -1.80. The second-order valence-corrected chi connectivity index (χ2v) is 3.75. The molecular weight excluding hydrogens is 200 g/mol. The molecule has 0 spiro atoms. The maximum absolute atomic E-state index is 7.11. The number of aromatic nitrogens is 2. The lowest BCUT2D eigenvalue weighted by molar-refractivity contribution is 0.415.